The average Bonchev–Trinajstić information content (AvgIpc) is 3.14. The number of ketones is 1. The molecule has 0 spiro atoms. The second kappa shape index (κ2) is 14.6. The number of H-pyrrole nitrogens is 1. The van der Waals surface area contributed by atoms with Crippen molar-refractivity contribution in [2.24, 2.45) is 17.8 Å². The summed E-state index contributed by atoms with van der Waals surface area (Å²) < 4.78 is 0. The number of hydrogen-bond donors (Lipinski definition) is 1. The van der Waals surface area contributed by atoms with Gasteiger partial charge in [-0.1, -0.05) is 82.7 Å². The number of aromatic amines is 1. The molecule has 1 aliphatic carbocycles. The third-order valence-electron chi connectivity index (χ3n) is 6.76. The molecule has 0 radical (unpaired) electrons. The number of rotatable bonds is 5. The zero-order valence-electron chi connectivity index (χ0n) is 22.1. The smallest absolute Gasteiger partial charge is 0.162 e. The Morgan fingerprint density at radius 2 is 1.76 bits per heavy atom. The van der Waals surface area contributed by atoms with Gasteiger partial charge in [0.05, 0.1) is 0 Å². The molecule has 0 saturated heterocycles. The van der Waals surface area contributed by atoms with E-state index in [1.807, 2.05) is 38.1 Å². The second-order valence-corrected chi connectivity index (χ2v) is 10.0. The Balaban J connectivity index is 0.000000514. The van der Waals surface area contributed by atoms with Crippen molar-refractivity contribution in [3.05, 3.63) is 84.1 Å². The minimum Gasteiger partial charge on any atom is -0.359 e. The van der Waals surface area contributed by atoms with Gasteiger partial charge in [-0.2, -0.15) is 0 Å². The number of benzene rings is 2. The number of hydrogen-bond acceptors (Lipinski definition) is 1. The van der Waals surface area contributed by atoms with Crippen LogP contribution in [-0.2, 0) is 6.42 Å². The zero-order chi connectivity index (χ0) is 24.9. The Hall–Kier alpha value is -2.61. The number of nitrogens with one attached hydrogen (secondary N) is 1. The van der Waals surface area contributed by atoms with Gasteiger partial charge in [-0.3, -0.25) is 4.79 Å². The molecule has 1 heterocycles. The quantitative estimate of drug-likeness (QED) is 0.228. The van der Waals surface area contributed by atoms with E-state index in [-0.39, 0.29) is 8.64 Å². The number of aromatic nitrogens is 1. The van der Waals surface area contributed by atoms with Crippen LogP contribution in [0.5, 0.6) is 0 Å². The highest BCUT2D eigenvalue weighted by Crippen LogP contribution is 2.32. The van der Waals surface area contributed by atoms with Crippen molar-refractivity contribution >= 4 is 16.7 Å². The van der Waals surface area contributed by atoms with E-state index < -0.39 is 0 Å². The summed E-state index contributed by atoms with van der Waals surface area (Å²) in [6, 6.07) is 18.3. The Morgan fingerprint density at radius 3 is 2.38 bits per heavy atom. The average molecular weight is 464 g/mol. The molecule has 2 heteroatoms. The first-order chi connectivity index (χ1) is 16.4. The highest BCUT2D eigenvalue weighted by Gasteiger charge is 2.19. The molecule has 1 N–H and O–H groups in total. The summed E-state index contributed by atoms with van der Waals surface area (Å²) in [5.74, 6) is 3.02. The van der Waals surface area contributed by atoms with E-state index in [9.17, 15) is 4.79 Å². The third-order valence-corrected chi connectivity index (χ3v) is 6.76. The molecule has 4 rings (SSSR count). The van der Waals surface area contributed by atoms with Crippen molar-refractivity contribution < 1.29 is 7.65 Å². The number of aryl methyl sites for hydroxylation is 2. The molecule has 1 saturated carbocycles. The molecule has 1 fully saturated rings. The largest absolute Gasteiger partial charge is 0.359 e. The van der Waals surface area contributed by atoms with Gasteiger partial charge in [0.15, 0.2) is 5.78 Å². The normalized spacial score (nSPS) is 19.7. The Morgan fingerprint density at radius 1 is 1.03 bits per heavy atom. The minimum absolute atomic E-state index is 0. The third kappa shape index (κ3) is 9.33. The fraction of sp³-hybridized carbons (Fsp3) is 0.469. The number of carbonyl (C=O) groups is 1. The van der Waals surface area contributed by atoms with E-state index >= 15 is 0 Å². The summed E-state index contributed by atoms with van der Waals surface area (Å²) in [6.07, 6.45) is 10.8. The topological polar surface area (TPSA) is 32.9 Å². The van der Waals surface area contributed by atoms with E-state index in [0.717, 1.165) is 46.3 Å². The van der Waals surface area contributed by atoms with Gasteiger partial charge in [0, 0.05) is 26.0 Å². The molecule has 0 aliphatic heterocycles. The summed E-state index contributed by atoms with van der Waals surface area (Å²) in [7, 11) is 0. The summed E-state index contributed by atoms with van der Waals surface area (Å²) in [6.45, 7) is 14.7. The lowest BCUT2D eigenvalue weighted by Gasteiger charge is -2.14. The molecule has 188 valence electrons. The Kier molecular flexibility index (Phi) is 11.9. The van der Waals surface area contributed by atoms with Crippen molar-refractivity contribution in [2.75, 3.05) is 0 Å². The van der Waals surface area contributed by atoms with Crippen molar-refractivity contribution in [1.29, 1.82) is 0 Å². The molecule has 0 amide bonds. The maximum atomic E-state index is 11.5. The van der Waals surface area contributed by atoms with Crippen LogP contribution in [0.1, 0.15) is 90.7 Å². The van der Waals surface area contributed by atoms with Crippen LogP contribution in [0.3, 0.4) is 0 Å². The van der Waals surface area contributed by atoms with E-state index in [1.165, 1.54) is 37.7 Å². The summed E-state index contributed by atoms with van der Waals surface area (Å²) >= 11 is 0. The number of allylic oxidation sites excluding steroid dienone is 1. The first-order valence-corrected chi connectivity index (χ1v) is 13.1. The molecule has 1 aliphatic rings. The van der Waals surface area contributed by atoms with Crippen LogP contribution < -0.4 is 0 Å². The van der Waals surface area contributed by atoms with Gasteiger partial charge in [-0.15, -0.1) is 6.58 Å². The van der Waals surface area contributed by atoms with Crippen LogP contribution in [0.2, 0.25) is 0 Å². The molecular weight excluding hydrogens is 414 g/mol. The standard InChI is InChI=1S/C12H13NO.C12H22.C8H10.2H2/c1-3-12(14)10-5-4-9-6-8(2)13-11(9)7-10;1-4-5-12-7-6-10(2)8-11(3)9-12;1-2-8-6-4-3-5-7-8;;/h4-7,13H,3H2,1-2H3;4,10-12H,1,5-9H2,2-3H3;3-7H,2H2,1H3;2*1H/t;10-,11-,12+;;;/m.0.../s1. The van der Waals surface area contributed by atoms with Gasteiger partial charge in [0.25, 0.3) is 0 Å². The number of fused-ring (bicyclic) bond motifs is 1. The van der Waals surface area contributed by atoms with Crippen LogP contribution in [0.25, 0.3) is 10.9 Å². The maximum absolute atomic E-state index is 11.5. The Labute approximate surface area is 210 Å². The van der Waals surface area contributed by atoms with Gasteiger partial charge < -0.3 is 4.98 Å². The molecule has 0 unspecified atom stereocenters. The highest BCUT2D eigenvalue weighted by molar-refractivity contribution is 5.99. The maximum Gasteiger partial charge on any atom is 0.162 e. The molecule has 2 aromatic carbocycles. The predicted octanol–water partition coefficient (Wildman–Crippen LogP) is 9.83. The monoisotopic (exact) mass is 463 g/mol. The van der Waals surface area contributed by atoms with Crippen LogP contribution >= 0.6 is 0 Å². The lowest BCUT2D eigenvalue weighted by Crippen LogP contribution is -2.02. The molecule has 34 heavy (non-hydrogen) atoms. The molecule has 1 aromatic heterocycles. The molecule has 2 nitrogen and oxygen atoms in total. The van der Waals surface area contributed by atoms with Crippen LogP contribution in [0.4, 0.5) is 0 Å². The molecular formula is C32H49NO. The summed E-state index contributed by atoms with van der Waals surface area (Å²) in [4.78, 5) is 14.7. The van der Waals surface area contributed by atoms with Crippen molar-refractivity contribution in [2.45, 2.75) is 79.6 Å². The fourth-order valence-electron chi connectivity index (χ4n) is 4.92. The number of Topliss-reactive ketones (excluding diaryl/α,β-unsaturated/α-hetero) is 1. The molecule has 0 bridgehead atoms. The van der Waals surface area contributed by atoms with E-state index in [4.69, 9.17) is 0 Å². The number of carbonyl (C=O) groups excluding carboxylic acids is 1. The van der Waals surface area contributed by atoms with Gasteiger partial charge in [-0.05, 0) is 79.9 Å². The van der Waals surface area contributed by atoms with Crippen LogP contribution in [0, 0.1) is 24.7 Å². The molecule has 3 aromatic rings. The fourth-order valence-corrected chi connectivity index (χ4v) is 4.92. The SMILES string of the molecule is C=CC[C@@H]1CC[C@H](C)C[C@H](C)C1.CCC(=O)c1ccc2cc(C)[nH]c2c1.CCc1ccccc1.[HH].[HH]. The van der Waals surface area contributed by atoms with Crippen LogP contribution in [-0.4, -0.2) is 10.8 Å². The first-order valence-electron chi connectivity index (χ1n) is 13.1. The van der Waals surface area contributed by atoms with Crippen molar-refractivity contribution in [1.82, 2.24) is 4.98 Å². The van der Waals surface area contributed by atoms with E-state index in [0.29, 0.717) is 6.42 Å². The van der Waals surface area contributed by atoms with Crippen LogP contribution in [0.15, 0.2) is 67.3 Å². The molecule has 3 atom stereocenters. The summed E-state index contributed by atoms with van der Waals surface area (Å²) in [5.41, 5.74) is 4.37. The lowest BCUT2D eigenvalue weighted by molar-refractivity contribution is 0.0988. The Bertz CT molecular complexity index is 1010. The zero-order valence-corrected chi connectivity index (χ0v) is 22.1. The summed E-state index contributed by atoms with van der Waals surface area (Å²) in [5, 5.41) is 1.16. The second-order valence-electron chi connectivity index (χ2n) is 10.0. The van der Waals surface area contributed by atoms with Gasteiger partial charge in [0.1, 0.15) is 0 Å². The van der Waals surface area contributed by atoms with Gasteiger partial charge in [-0.25, -0.2) is 0 Å². The lowest BCUT2D eigenvalue weighted by atomic mass is 9.92. The van der Waals surface area contributed by atoms with Crippen molar-refractivity contribution in [3.63, 3.8) is 0 Å². The predicted molar refractivity (Wildman–Crippen MR) is 153 cm³/mol. The van der Waals surface area contributed by atoms with Gasteiger partial charge >= 0.3 is 0 Å². The van der Waals surface area contributed by atoms with Crippen molar-refractivity contribution in [3.8, 4) is 0 Å². The first kappa shape index (κ1) is 27.6. The van der Waals surface area contributed by atoms with Gasteiger partial charge in [0.2, 0.25) is 0 Å². The van der Waals surface area contributed by atoms with E-state index in [1.54, 1.807) is 0 Å². The minimum atomic E-state index is 0. The van der Waals surface area contributed by atoms with E-state index in [2.05, 4.69) is 68.7 Å². The highest BCUT2D eigenvalue weighted by atomic mass is 16.1.